The third kappa shape index (κ3) is 3.92. The van der Waals surface area contributed by atoms with Crippen LogP contribution in [0.15, 0.2) is 0 Å². The summed E-state index contributed by atoms with van der Waals surface area (Å²) in [5, 5.41) is 13.0. The molecule has 0 aromatic heterocycles. The van der Waals surface area contributed by atoms with E-state index in [1.807, 2.05) is 0 Å². The molecule has 1 saturated heterocycles. The molecular weight excluding hydrogens is 236 g/mol. The average molecular weight is 264 g/mol. The normalized spacial score (nSPS) is 29.2. The summed E-state index contributed by atoms with van der Waals surface area (Å²) in [5.41, 5.74) is -0.364. The molecule has 4 heteroatoms. The van der Waals surface area contributed by atoms with Gasteiger partial charge in [0.1, 0.15) is 5.54 Å². The molecule has 4 nitrogen and oxygen atoms in total. The Morgan fingerprint density at radius 3 is 2.58 bits per heavy atom. The van der Waals surface area contributed by atoms with Crippen LogP contribution in [0.2, 0.25) is 0 Å². The van der Waals surface area contributed by atoms with Crippen molar-refractivity contribution in [2.24, 2.45) is 0 Å². The second-order valence-electron chi connectivity index (χ2n) is 6.82. The van der Waals surface area contributed by atoms with Crippen LogP contribution in [0.3, 0.4) is 0 Å². The maximum absolute atomic E-state index is 9.45. The topological polar surface area (TPSA) is 42.3 Å². The van der Waals surface area contributed by atoms with Gasteiger partial charge in [-0.3, -0.25) is 10.2 Å². The lowest BCUT2D eigenvalue weighted by molar-refractivity contribution is 0.194. The van der Waals surface area contributed by atoms with E-state index in [1.165, 1.54) is 19.3 Å². The largest absolute Gasteiger partial charge is 0.305 e. The summed E-state index contributed by atoms with van der Waals surface area (Å²) in [6.07, 6.45) is 4.63. The molecule has 1 saturated carbocycles. The standard InChI is InChI=1S/C15H28N4/c1-12(19-8-7-14(10-19)18(3)4)9-15(2,11-16)17-13-5-6-13/h12-14,17H,5-10H2,1-4H3. The quantitative estimate of drug-likeness (QED) is 0.788. The maximum Gasteiger partial charge on any atom is 0.105 e. The molecule has 0 aromatic carbocycles. The molecule has 3 atom stereocenters. The molecule has 0 spiro atoms. The Kier molecular flexibility index (Phi) is 4.50. The van der Waals surface area contributed by atoms with Crippen molar-refractivity contribution in [3.63, 3.8) is 0 Å². The van der Waals surface area contributed by atoms with E-state index in [9.17, 15) is 5.26 Å². The molecule has 0 amide bonds. The highest BCUT2D eigenvalue weighted by Crippen LogP contribution is 2.26. The zero-order chi connectivity index (χ0) is 14.0. The fraction of sp³-hybridized carbons (Fsp3) is 0.933. The molecule has 1 N–H and O–H groups in total. The van der Waals surface area contributed by atoms with E-state index in [0.29, 0.717) is 18.1 Å². The molecule has 1 heterocycles. The predicted octanol–water partition coefficient (Wildman–Crippen LogP) is 1.44. The van der Waals surface area contributed by atoms with Crippen molar-refractivity contribution in [1.82, 2.24) is 15.1 Å². The summed E-state index contributed by atoms with van der Waals surface area (Å²) >= 11 is 0. The summed E-state index contributed by atoms with van der Waals surface area (Å²) in [4.78, 5) is 4.85. The van der Waals surface area contributed by atoms with Crippen LogP contribution < -0.4 is 5.32 Å². The van der Waals surface area contributed by atoms with Crippen molar-refractivity contribution in [3.8, 4) is 6.07 Å². The Morgan fingerprint density at radius 1 is 1.42 bits per heavy atom. The molecular formula is C15H28N4. The van der Waals surface area contributed by atoms with Crippen LogP contribution in [0, 0.1) is 11.3 Å². The minimum Gasteiger partial charge on any atom is -0.305 e. The van der Waals surface area contributed by atoms with Crippen molar-refractivity contribution in [2.45, 2.75) is 63.2 Å². The number of likely N-dealkylation sites (tertiary alicyclic amines) is 1. The molecule has 0 bridgehead atoms. The highest BCUT2D eigenvalue weighted by molar-refractivity contribution is 5.08. The van der Waals surface area contributed by atoms with Gasteiger partial charge in [0.2, 0.25) is 0 Å². The van der Waals surface area contributed by atoms with Gasteiger partial charge in [-0.05, 0) is 53.6 Å². The zero-order valence-corrected chi connectivity index (χ0v) is 12.8. The number of hydrogen-bond acceptors (Lipinski definition) is 4. The van der Waals surface area contributed by atoms with Crippen molar-refractivity contribution < 1.29 is 0 Å². The van der Waals surface area contributed by atoms with E-state index in [1.54, 1.807) is 0 Å². The lowest BCUT2D eigenvalue weighted by Gasteiger charge is -2.32. The molecule has 108 valence electrons. The molecule has 2 rings (SSSR count). The number of hydrogen-bond donors (Lipinski definition) is 1. The molecule has 0 aromatic rings. The monoisotopic (exact) mass is 264 g/mol. The van der Waals surface area contributed by atoms with Gasteiger partial charge in [0.15, 0.2) is 0 Å². The fourth-order valence-electron chi connectivity index (χ4n) is 3.12. The van der Waals surface area contributed by atoms with Crippen molar-refractivity contribution in [2.75, 3.05) is 27.2 Å². The van der Waals surface area contributed by atoms with Gasteiger partial charge in [-0.25, -0.2) is 0 Å². The van der Waals surface area contributed by atoms with E-state index < -0.39 is 0 Å². The first-order valence-corrected chi connectivity index (χ1v) is 7.53. The number of nitriles is 1. The smallest absolute Gasteiger partial charge is 0.105 e. The third-order valence-electron chi connectivity index (χ3n) is 4.60. The summed E-state index contributed by atoms with van der Waals surface area (Å²) in [7, 11) is 4.32. The van der Waals surface area contributed by atoms with E-state index in [-0.39, 0.29) is 5.54 Å². The lowest BCUT2D eigenvalue weighted by Crippen LogP contribution is -2.48. The fourth-order valence-corrected chi connectivity index (χ4v) is 3.12. The minimum absolute atomic E-state index is 0.364. The minimum atomic E-state index is -0.364. The van der Waals surface area contributed by atoms with Gasteiger partial charge in [-0.2, -0.15) is 5.26 Å². The van der Waals surface area contributed by atoms with Gasteiger partial charge in [-0.1, -0.05) is 0 Å². The Balaban J connectivity index is 1.86. The van der Waals surface area contributed by atoms with Crippen LogP contribution in [-0.2, 0) is 0 Å². The average Bonchev–Trinajstić information content (AvgIpc) is 3.00. The van der Waals surface area contributed by atoms with Crippen LogP contribution in [0.4, 0.5) is 0 Å². The van der Waals surface area contributed by atoms with E-state index >= 15 is 0 Å². The number of nitrogens with zero attached hydrogens (tertiary/aromatic N) is 3. The Labute approximate surface area is 117 Å². The Morgan fingerprint density at radius 2 is 2.11 bits per heavy atom. The zero-order valence-electron chi connectivity index (χ0n) is 12.8. The van der Waals surface area contributed by atoms with Crippen LogP contribution in [0.5, 0.6) is 0 Å². The summed E-state index contributed by atoms with van der Waals surface area (Å²) in [5.74, 6) is 0. The number of nitrogens with one attached hydrogen (secondary N) is 1. The van der Waals surface area contributed by atoms with Gasteiger partial charge in [0, 0.05) is 31.2 Å². The Hall–Kier alpha value is -0.630. The van der Waals surface area contributed by atoms with Crippen LogP contribution in [0.1, 0.15) is 39.5 Å². The predicted molar refractivity (Wildman–Crippen MR) is 77.9 cm³/mol. The summed E-state index contributed by atoms with van der Waals surface area (Å²) < 4.78 is 0. The van der Waals surface area contributed by atoms with Crippen LogP contribution >= 0.6 is 0 Å². The highest BCUT2D eigenvalue weighted by Gasteiger charge is 2.36. The van der Waals surface area contributed by atoms with Gasteiger partial charge < -0.3 is 4.90 Å². The van der Waals surface area contributed by atoms with Crippen molar-refractivity contribution in [3.05, 3.63) is 0 Å². The summed E-state index contributed by atoms with van der Waals surface area (Å²) in [6.45, 7) is 6.62. The molecule has 2 aliphatic rings. The molecule has 2 fully saturated rings. The maximum atomic E-state index is 9.45. The lowest BCUT2D eigenvalue weighted by atomic mass is 9.94. The first-order chi connectivity index (χ1) is 8.93. The summed E-state index contributed by atoms with van der Waals surface area (Å²) in [6, 6.07) is 4.22. The molecule has 0 radical (unpaired) electrons. The third-order valence-corrected chi connectivity index (χ3v) is 4.60. The van der Waals surface area contributed by atoms with Crippen LogP contribution in [0.25, 0.3) is 0 Å². The Bertz CT molecular complexity index is 345. The van der Waals surface area contributed by atoms with E-state index in [0.717, 1.165) is 19.5 Å². The first kappa shape index (κ1) is 14.8. The van der Waals surface area contributed by atoms with Gasteiger partial charge in [-0.15, -0.1) is 0 Å². The van der Waals surface area contributed by atoms with Gasteiger partial charge >= 0.3 is 0 Å². The van der Waals surface area contributed by atoms with Crippen molar-refractivity contribution >= 4 is 0 Å². The SMILES string of the molecule is CC(CC(C)(C#N)NC1CC1)N1CCC(N(C)C)C1. The number of rotatable bonds is 6. The molecule has 1 aliphatic heterocycles. The van der Waals surface area contributed by atoms with Gasteiger partial charge in [0.05, 0.1) is 6.07 Å². The van der Waals surface area contributed by atoms with Crippen LogP contribution in [-0.4, -0.2) is 60.6 Å². The van der Waals surface area contributed by atoms with E-state index in [2.05, 4.69) is 49.1 Å². The second-order valence-corrected chi connectivity index (χ2v) is 6.82. The highest BCUT2D eigenvalue weighted by atomic mass is 15.2. The second kappa shape index (κ2) is 5.78. The number of likely N-dealkylation sites (N-methyl/N-ethyl adjacent to an activating group) is 1. The van der Waals surface area contributed by atoms with E-state index in [4.69, 9.17) is 0 Å². The molecule has 1 aliphatic carbocycles. The molecule has 3 unspecified atom stereocenters. The van der Waals surface area contributed by atoms with Crippen molar-refractivity contribution in [1.29, 1.82) is 5.26 Å². The first-order valence-electron chi connectivity index (χ1n) is 7.53. The molecule has 19 heavy (non-hydrogen) atoms. The van der Waals surface area contributed by atoms with Gasteiger partial charge in [0.25, 0.3) is 0 Å².